The zero-order valence-corrected chi connectivity index (χ0v) is 20.0. The molecule has 0 spiro atoms. The van der Waals surface area contributed by atoms with Gasteiger partial charge >= 0.3 is 0 Å². The Morgan fingerprint density at radius 2 is 1.60 bits per heavy atom. The number of carbonyl (C=O) groups excluding carboxylic acids is 2. The Kier molecular flexibility index (Phi) is 8.19. The van der Waals surface area contributed by atoms with Crippen molar-refractivity contribution < 1.29 is 22.8 Å². The Bertz CT molecular complexity index is 1230. The fraction of sp³-hybridized carbons (Fsp3) is 0.231. The lowest BCUT2D eigenvalue weighted by molar-refractivity contribution is 0.0672. The van der Waals surface area contributed by atoms with E-state index in [0.29, 0.717) is 28.9 Å². The maximum atomic E-state index is 13.8. The van der Waals surface area contributed by atoms with Crippen molar-refractivity contribution in [3.63, 3.8) is 0 Å². The minimum absolute atomic E-state index is 0.0515. The van der Waals surface area contributed by atoms with Crippen LogP contribution >= 0.6 is 11.6 Å². The molecule has 3 aromatic carbocycles. The molecule has 184 valence electrons. The molecule has 0 saturated carbocycles. The SMILES string of the molecule is CC(C)(CN)CN(Cc1cc(NC(=O)c2cc(F)cc(F)c2)ccc1Cl)C(=O)c1cccc(F)c1. The summed E-state index contributed by atoms with van der Waals surface area (Å²) in [6.45, 7) is 4.41. The minimum Gasteiger partial charge on any atom is -0.334 e. The number of anilines is 1. The van der Waals surface area contributed by atoms with E-state index in [1.807, 2.05) is 13.8 Å². The molecule has 0 bridgehead atoms. The van der Waals surface area contributed by atoms with Crippen LogP contribution in [-0.2, 0) is 6.54 Å². The average molecular weight is 504 g/mol. The van der Waals surface area contributed by atoms with Crippen LogP contribution in [0.25, 0.3) is 0 Å². The van der Waals surface area contributed by atoms with Gasteiger partial charge in [-0.3, -0.25) is 9.59 Å². The number of nitrogens with one attached hydrogen (secondary N) is 1. The first kappa shape index (κ1) is 26.2. The van der Waals surface area contributed by atoms with Crippen LogP contribution in [0.15, 0.2) is 60.7 Å². The first-order valence-electron chi connectivity index (χ1n) is 10.8. The summed E-state index contributed by atoms with van der Waals surface area (Å²) in [5.74, 6) is -3.41. The van der Waals surface area contributed by atoms with Gasteiger partial charge in [0.25, 0.3) is 11.8 Å². The number of amides is 2. The lowest BCUT2D eigenvalue weighted by atomic mass is 9.92. The van der Waals surface area contributed by atoms with Crippen molar-refractivity contribution in [2.24, 2.45) is 11.1 Å². The van der Waals surface area contributed by atoms with Gasteiger partial charge in [0.1, 0.15) is 17.5 Å². The lowest BCUT2D eigenvalue weighted by Crippen LogP contribution is -2.41. The quantitative estimate of drug-likeness (QED) is 0.418. The van der Waals surface area contributed by atoms with E-state index in [4.69, 9.17) is 17.3 Å². The van der Waals surface area contributed by atoms with Crippen LogP contribution in [-0.4, -0.2) is 29.8 Å². The summed E-state index contributed by atoms with van der Waals surface area (Å²) in [7, 11) is 0. The number of hydrogen-bond donors (Lipinski definition) is 2. The fourth-order valence-electron chi connectivity index (χ4n) is 3.45. The number of halogens is 4. The summed E-state index contributed by atoms with van der Waals surface area (Å²) in [4.78, 5) is 27.3. The number of benzene rings is 3. The van der Waals surface area contributed by atoms with Gasteiger partial charge in [-0.15, -0.1) is 0 Å². The van der Waals surface area contributed by atoms with E-state index >= 15 is 0 Å². The van der Waals surface area contributed by atoms with E-state index in [0.717, 1.165) is 18.2 Å². The molecule has 5 nitrogen and oxygen atoms in total. The Morgan fingerprint density at radius 1 is 0.943 bits per heavy atom. The molecule has 0 aliphatic rings. The highest BCUT2D eigenvalue weighted by atomic mass is 35.5. The molecule has 2 amide bonds. The molecule has 3 N–H and O–H groups in total. The molecule has 0 atom stereocenters. The molecule has 0 saturated heterocycles. The van der Waals surface area contributed by atoms with Crippen molar-refractivity contribution >= 4 is 29.1 Å². The highest BCUT2D eigenvalue weighted by molar-refractivity contribution is 6.31. The van der Waals surface area contributed by atoms with Crippen molar-refractivity contribution in [2.45, 2.75) is 20.4 Å². The zero-order valence-electron chi connectivity index (χ0n) is 19.2. The molecule has 3 rings (SSSR count). The van der Waals surface area contributed by atoms with Crippen LogP contribution in [0, 0.1) is 22.9 Å². The van der Waals surface area contributed by atoms with Gasteiger partial charge in [0, 0.05) is 41.0 Å². The van der Waals surface area contributed by atoms with Crippen molar-refractivity contribution in [3.05, 3.63) is 99.8 Å². The van der Waals surface area contributed by atoms with E-state index in [1.54, 1.807) is 6.07 Å². The van der Waals surface area contributed by atoms with E-state index in [-0.39, 0.29) is 24.2 Å². The molecule has 0 unspecified atom stereocenters. The van der Waals surface area contributed by atoms with Crippen molar-refractivity contribution in [2.75, 3.05) is 18.4 Å². The van der Waals surface area contributed by atoms with Crippen LogP contribution in [0.5, 0.6) is 0 Å². The Balaban J connectivity index is 1.88. The smallest absolute Gasteiger partial charge is 0.255 e. The first-order valence-corrected chi connectivity index (χ1v) is 11.2. The Labute approximate surface area is 206 Å². The Morgan fingerprint density at radius 3 is 2.23 bits per heavy atom. The summed E-state index contributed by atoms with van der Waals surface area (Å²) in [5.41, 5.74) is 6.24. The molecule has 0 fully saturated rings. The molecule has 0 aromatic heterocycles. The summed E-state index contributed by atoms with van der Waals surface area (Å²) in [6, 6.07) is 12.5. The van der Waals surface area contributed by atoms with E-state index in [9.17, 15) is 22.8 Å². The van der Waals surface area contributed by atoms with Gasteiger partial charge < -0.3 is 16.0 Å². The van der Waals surface area contributed by atoms with Gasteiger partial charge in [-0.2, -0.15) is 0 Å². The van der Waals surface area contributed by atoms with Gasteiger partial charge in [-0.1, -0.05) is 31.5 Å². The molecular weight excluding hydrogens is 479 g/mol. The topological polar surface area (TPSA) is 75.4 Å². The van der Waals surface area contributed by atoms with Crippen LogP contribution in [0.3, 0.4) is 0 Å². The number of rotatable bonds is 8. The van der Waals surface area contributed by atoms with Crippen LogP contribution in [0.4, 0.5) is 18.9 Å². The van der Waals surface area contributed by atoms with Gasteiger partial charge in [-0.25, -0.2) is 13.2 Å². The zero-order chi connectivity index (χ0) is 25.8. The maximum Gasteiger partial charge on any atom is 0.255 e. The first-order chi connectivity index (χ1) is 16.5. The molecule has 0 heterocycles. The average Bonchev–Trinajstić information content (AvgIpc) is 2.79. The lowest BCUT2D eigenvalue weighted by Gasteiger charge is -2.32. The Hall–Kier alpha value is -3.36. The second kappa shape index (κ2) is 10.9. The second-order valence-corrected chi connectivity index (χ2v) is 9.37. The van der Waals surface area contributed by atoms with Crippen LogP contribution in [0.1, 0.15) is 40.1 Å². The predicted octanol–water partition coefficient (Wildman–Crippen LogP) is 5.64. The largest absolute Gasteiger partial charge is 0.334 e. The van der Waals surface area contributed by atoms with Gasteiger partial charge in [0.15, 0.2) is 0 Å². The summed E-state index contributed by atoms with van der Waals surface area (Å²) >= 11 is 6.38. The standard InChI is InChI=1S/C26H25ClF3N3O2/c1-26(2,14-31)15-33(25(35)16-4-3-5-19(28)8-16)13-18-11-22(6-7-23(18)27)32-24(34)17-9-20(29)12-21(30)10-17/h3-12H,13-15,31H2,1-2H3,(H,32,34). The second-order valence-electron chi connectivity index (χ2n) is 8.96. The normalized spacial score (nSPS) is 11.3. The number of nitrogens with two attached hydrogens (primary N) is 1. The van der Waals surface area contributed by atoms with E-state index in [1.165, 1.54) is 35.2 Å². The van der Waals surface area contributed by atoms with Crippen molar-refractivity contribution in [3.8, 4) is 0 Å². The minimum atomic E-state index is -0.874. The van der Waals surface area contributed by atoms with Gasteiger partial charge in [0.2, 0.25) is 0 Å². The fourth-order valence-corrected chi connectivity index (χ4v) is 3.63. The third-order valence-electron chi connectivity index (χ3n) is 5.32. The van der Waals surface area contributed by atoms with Crippen LogP contribution in [0.2, 0.25) is 5.02 Å². The molecule has 0 aliphatic carbocycles. The van der Waals surface area contributed by atoms with Crippen LogP contribution < -0.4 is 11.1 Å². The summed E-state index contributed by atoms with van der Waals surface area (Å²) in [6.07, 6.45) is 0. The van der Waals surface area contributed by atoms with Crippen molar-refractivity contribution in [1.82, 2.24) is 4.90 Å². The molecule has 9 heteroatoms. The molecule has 0 aliphatic heterocycles. The number of nitrogens with zero attached hydrogens (tertiary/aromatic N) is 1. The van der Waals surface area contributed by atoms with E-state index < -0.39 is 34.7 Å². The monoisotopic (exact) mass is 503 g/mol. The molecule has 0 radical (unpaired) electrons. The highest BCUT2D eigenvalue weighted by Gasteiger charge is 2.26. The number of hydrogen-bond acceptors (Lipinski definition) is 3. The third kappa shape index (κ3) is 7.07. The summed E-state index contributed by atoms with van der Waals surface area (Å²) in [5, 5.41) is 2.91. The highest BCUT2D eigenvalue weighted by Crippen LogP contribution is 2.26. The molecule has 35 heavy (non-hydrogen) atoms. The number of carbonyl (C=O) groups is 2. The van der Waals surface area contributed by atoms with Gasteiger partial charge in [0.05, 0.1) is 0 Å². The van der Waals surface area contributed by atoms with Crippen molar-refractivity contribution in [1.29, 1.82) is 0 Å². The molecule has 3 aromatic rings. The van der Waals surface area contributed by atoms with Gasteiger partial charge in [-0.05, 0) is 66.1 Å². The molecular formula is C26H25ClF3N3O2. The summed E-state index contributed by atoms with van der Waals surface area (Å²) < 4.78 is 40.7. The predicted molar refractivity (Wildman–Crippen MR) is 130 cm³/mol. The maximum absolute atomic E-state index is 13.8. The van der Waals surface area contributed by atoms with E-state index in [2.05, 4.69) is 5.32 Å². The third-order valence-corrected chi connectivity index (χ3v) is 5.69.